The molecule has 0 aromatic heterocycles. The Labute approximate surface area is 143 Å². The summed E-state index contributed by atoms with van der Waals surface area (Å²) in [7, 11) is 1.54. The lowest BCUT2D eigenvalue weighted by Crippen LogP contribution is -2.05. The molecule has 0 unspecified atom stereocenters. The van der Waals surface area contributed by atoms with Gasteiger partial charge in [0.15, 0.2) is 5.70 Å². The van der Waals surface area contributed by atoms with Crippen molar-refractivity contribution in [1.82, 2.24) is 0 Å². The van der Waals surface area contributed by atoms with Crippen LogP contribution in [0.15, 0.2) is 53.2 Å². The van der Waals surface area contributed by atoms with Gasteiger partial charge in [0.25, 0.3) is 0 Å². The number of cyclic esters (lactones) is 1. The number of ether oxygens (including phenoxy) is 2. The van der Waals surface area contributed by atoms with Crippen molar-refractivity contribution in [3.63, 3.8) is 0 Å². The first-order valence-corrected chi connectivity index (χ1v) is 7.44. The van der Waals surface area contributed by atoms with Gasteiger partial charge in [-0.15, -0.1) is 0 Å². The van der Waals surface area contributed by atoms with Crippen molar-refractivity contribution in [2.24, 2.45) is 4.99 Å². The lowest BCUT2D eigenvalue weighted by Gasteiger charge is -2.04. The first kappa shape index (κ1) is 15.6. The molecule has 0 saturated carbocycles. The van der Waals surface area contributed by atoms with Crippen LogP contribution in [0.5, 0.6) is 5.75 Å². The van der Waals surface area contributed by atoms with Gasteiger partial charge in [-0.1, -0.05) is 29.3 Å². The molecule has 0 saturated heterocycles. The van der Waals surface area contributed by atoms with Crippen LogP contribution in [0.1, 0.15) is 11.1 Å². The molecule has 6 heteroatoms. The predicted octanol–water partition coefficient (Wildman–Crippen LogP) is 4.35. The van der Waals surface area contributed by atoms with E-state index in [1.807, 2.05) is 0 Å². The van der Waals surface area contributed by atoms with Gasteiger partial charge in [-0.3, -0.25) is 0 Å². The summed E-state index contributed by atoms with van der Waals surface area (Å²) in [6.07, 6.45) is 1.57. The van der Waals surface area contributed by atoms with E-state index in [4.69, 9.17) is 32.7 Å². The van der Waals surface area contributed by atoms with Gasteiger partial charge in [-0.05, 0) is 42.5 Å². The van der Waals surface area contributed by atoms with E-state index in [2.05, 4.69) is 4.99 Å². The number of nitrogens with zero attached hydrogens (tertiary/aromatic N) is 1. The first-order valence-electron chi connectivity index (χ1n) is 6.69. The number of esters is 1. The molecule has 0 N–H and O–H groups in total. The third-order valence-corrected chi connectivity index (χ3v) is 3.65. The fraction of sp³-hybridized carbons (Fsp3) is 0.0588. The first-order chi connectivity index (χ1) is 11.1. The van der Waals surface area contributed by atoms with Crippen LogP contribution in [-0.2, 0) is 9.53 Å². The summed E-state index contributed by atoms with van der Waals surface area (Å²) in [6.45, 7) is 0. The Morgan fingerprint density at radius 1 is 1.13 bits per heavy atom. The van der Waals surface area contributed by atoms with Gasteiger partial charge in [0.05, 0.1) is 7.11 Å². The minimum atomic E-state index is -0.540. The number of hydrogen-bond donors (Lipinski definition) is 0. The van der Waals surface area contributed by atoms with E-state index in [9.17, 15) is 4.79 Å². The Hall–Kier alpha value is -2.30. The number of rotatable bonds is 3. The number of methoxy groups -OCH3 is 1. The third kappa shape index (κ3) is 3.38. The molecule has 0 atom stereocenters. The molecular weight excluding hydrogens is 337 g/mol. The van der Waals surface area contributed by atoms with Crippen molar-refractivity contribution >= 4 is 41.1 Å². The maximum absolute atomic E-state index is 12.0. The zero-order valence-electron chi connectivity index (χ0n) is 12.0. The molecule has 0 spiro atoms. The number of aliphatic imine (C=N–C) groups is 1. The minimum Gasteiger partial charge on any atom is -0.496 e. The third-order valence-electron chi connectivity index (χ3n) is 3.18. The largest absolute Gasteiger partial charge is 0.496 e. The van der Waals surface area contributed by atoms with E-state index in [1.54, 1.807) is 55.7 Å². The molecule has 23 heavy (non-hydrogen) atoms. The van der Waals surface area contributed by atoms with Crippen LogP contribution in [0.4, 0.5) is 0 Å². The van der Waals surface area contributed by atoms with Crippen LogP contribution < -0.4 is 4.74 Å². The highest BCUT2D eigenvalue weighted by molar-refractivity contribution is 6.31. The summed E-state index contributed by atoms with van der Waals surface area (Å²) in [5.41, 5.74) is 1.44. The van der Waals surface area contributed by atoms with E-state index >= 15 is 0 Å². The highest BCUT2D eigenvalue weighted by Gasteiger charge is 2.24. The zero-order valence-corrected chi connectivity index (χ0v) is 13.6. The SMILES string of the molecule is COc1ccc(Cl)cc1/C=C1/N=C(c2cccc(Cl)c2)OC1=O. The molecule has 4 nitrogen and oxygen atoms in total. The van der Waals surface area contributed by atoms with Crippen LogP contribution in [0.3, 0.4) is 0 Å². The molecular formula is C17H11Cl2NO3. The van der Waals surface area contributed by atoms with Crippen molar-refractivity contribution < 1.29 is 14.3 Å². The smallest absolute Gasteiger partial charge is 0.363 e. The normalized spacial score (nSPS) is 15.5. The molecule has 2 aromatic carbocycles. The van der Waals surface area contributed by atoms with Crippen molar-refractivity contribution in [2.75, 3.05) is 7.11 Å². The molecule has 1 aliphatic rings. The number of halogens is 2. The van der Waals surface area contributed by atoms with Crippen LogP contribution in [0.2, 0.25) is 10.0 Å². The van der Waals surface area contributed by atoms with E-state index in [0.717, 1.165) is 0 Å². The molecule has 1 heterocycles. The van der Waals surface area contributed by atoms with Gasteiger partial charge in [-0.25, -0.2) is 9.79 Å². The molecule has 116 valence electrons. The van der Waals surface area contributed by atoms with Crippen molar-refractivity contribution in [2.45, 2.75) is 0 Å². The Bertz CT molecular complexity index is 843. The Kier molecular flexibility index (Phi) is 4.37. The fourth-order valence-corrected chi connectivity index (χ4v) is 2.49. The molecule has 3 rings (SSSR count). The minimum absolute atomic E-state index is 0.167. The molecule has 0 radical (unpaired) electrons. The van der Waals surface area contributed by atoms with Gasteiger partial charge in [0.1, 0.15) is 5.75 Å². The number of hydrogen-bond acceptors (Lipinski definition) is 4. The Balaban J connectivity index is 2.00. The van der Waals surface area contributed by atoms with Crippen molar-refractivity contribution in [1.29, 1.82) is 0 Å². The number of carbonyl (C=O) groups excluding carboxylic acids is 1. The molecule has 1 aliphatic heterocycles. The lowest BCUT2D eigenvalue weighted by molar-refractivity contribution is -0.129. The van der Waals surface area contributed by atoms with Gasteiger partial charge in [-0.2, -0.15) is 0 Å². The monoisotopic (exact) mass is 347 g/mol. The summed E-state index contributed by atoms with van der Waals surface area (Å²) >= 11 is 11.9. The van der Waals surface area contributed by atoms with Crippen LogP contribution in [0.25, 0.3) is 6.08 Å². The van der Waals surface area contributed by atoms with Crippen molar-refractivity contribution in [3.8, 4) is 5.75 Å². The van der Waals surface area contributed by atoms with Gasteiger partial charge >= 0.3 is 5.97 Å². The second kappa shape index (κ2) is 6.44. The Morgan fingerprint density at radius 3 is 2.65 bits per heavy atom. The van der Waals surface area contributed by atoms with Gasteiger partial charge in [0.2, 0.25) is 5.90 Å². The summed E-state index contributed by atoms with van der Waals surface area (Å²) in [4.78, 5) is 16.2. The second-order valence-electron chi connectivity index (χ2n) is 4.73. The molecule has 2 aromatic rings. The summed E-state index contributed by atoms with van der Waals surface area (Å²) in [6, 6.07) is 12.0. The standard InChI is InChI=1S/C17H11Cl2NO3/c1-22-15-6-5-13(19)8-11(15)9-14-17(21)23-16(20-14)10-3-2-4-12(18)7-10/h2-9H,1H3/b14-9+. The predicted molar refractivity (Wildman–Crippen MR) is 90.1 cm³/mol. The fourth-order valence-electron chi connectivity index (χ4n) is 2.12. The van der Waals surface area contributed by atoms with Gasteiger partial charge < -0.3 is 9.47 Å². The highest BCUT2D eigenvalue weighted by Crippen LogP contribution is 2.27. The molecule has 0 aliphatic carbocycles. The maximum atomic E-state index is 12.0. The lowest BCUT2D eigenvalue weighted by atomic mass is 10.1. The number of carbonyl (C=O) groups is 1. The van der Waals surface area contributed by atoms with E-state index in [1.165, 1.54) is 0 Å². The van der Waals surface area contributed by atoms with Crippen LogP contribution >= 0.6 is 23.2 Å². The molecule has 0 fully saturated rings. The Morgan fingerprint density at radius 2 is 1.91 bits per heavy atom. The molecule has 0 amide bonds. The molecule has 0 bridgehead atoms. The quantitative estimate of drug-likeness (QED) is 0.612. The van der Waals surface area contributed by atoms with Gasteiger partial charge in [0, 0.05) is 21.2 Å². The average Bonchev–Trinajstić information content (AvgIpc) is 2.89. The maximum Gasteiger partial charge on any atom is 0.363 e. The van der Waals surface area contributed by atoms with Crippen LogP contribution in [0, 0.1) is 0 Å². The highest BCUT2D eigenvalue weighted by atomic mass is 35.5. The summed E-state index contributed by atoms with van der Waals surface area (Å²) < 4.78 is 10.5. The average molecular weight is 348 g/mol. The zero-order chi connectivity index (χ0) is 16.4. The van der Waals surface area contributed by atoms with E-state index < -0.39 is 5.97 Å². The van der Waals surface area contributed by atoms with Crippen molar-refractivity contribution in [3.05, 3.63) is 69.3 Å². The second-order valence-corrected chi connectivity index (χ2v) is 5.61. The van der Waals surface area contributed by atoms with E-state index in [-0.39, 0.29) is 11.6 Å². The summed E-state index contributed by atoms with van der Waals surface area (Å²) in [5.74, 6) is 0.257. The summed E-state index contributed by atoms with van der Waals surface area (Å²) in [5, 5.41) is 1.07. The van der Waals surface area contributed by atoms with Crippen LogP contribution in [-0.4, -0.2) is 19.0 Å². The topological polar surface area (TPSA) is 47.9 Å². The van der Waals surface area contributed by atoms with E-state index in [0.29, 0.717) is 26.9 Å². The number of benzene rings is 2.